The molecule has 0 unspecified atom stereocenters. The van der Waals surface area contributed by atoms with Crippen molar-refractivity contribution in [2.75, 3.05) is 0 Å². The maximum atomic E-state index is 10.9. The molecule has 0 aromatic carbocycles. The zero-order valence-electron chi connectivity index (χ0n) is 34.5. The lowest BCUT2D eigenvalue weighted by molar-refractivity contribution is 0.319. The van der Waals surface area contributed by atoms with Crippen LogP contribution in [0.5, 0.6) is 0 Å². The van der Waals surface area contributed by atoms with Gasteiger partial charge in [0, 0.05) is 0 Å². The van der Waals surface area contributed by atoms with Crippen molar-refractivity contribution in [3.63, 3.8) is 0 Å². The minimum atomic E-state index is -5.33. The molecule has 0 atom stereocenters. The second kappa shape index (κ2) is 28.0. The molecule has 0 aromatic heterocycles. The summed E-state index contributed by atoms with van der Waals surface area (Å²) in [4.78, 5) is 244. The van der Waals surface area contributed by atoms with E-state index in [0.717, 1.165) is 0 Å². The van der Waals surface area contributed by atoms with Crippen LogP contribution in [0.25, 0.3) is 0 Å². The maximum absolute atomic E-state index is 10.9. The Labute approximate surface area is 396 Å². The Morgan fingerprint density at radius 2 is 0.254 bits per heavy atom. The SMILES string of the molecule is CCC(P(=O)(O)O)P(=O)(O)O.O=P(O)(O)C(CCC(P(=O)(O)O)P(=O)(O)O)P(=O)(O)O.O=P(O)(O)C(CCC(P(=O)(O)O)P(=O)(O)O)P(=O)(O)O.O=P(O)(O)C(CCC(P(=O)(O)O)P(=O)(O)O)P(=O)(O)O. The Balaban J connectivity index is -0.000000430. The highest BCUT2D eigenvalue weighted by Gasteiger charge is 2.51. The fourth-order valence-electron chi connectivity index (χ4n) is 4.76. The van der Waals surface area contributed by atoms with E-state index in [1.807, 2.05) is 0 Å². The molecule has 0 saturated carbocycles. The molecule has 0 aromatic rings. The first-order valence-electron chi connectivity index (χ1n) is 16.8. The molecule has 42 nitrogen and oxygen atoms in total. The molecule has 0 fully saturated rings. The number of hydrogen-bond acceptors (Lipinski definition) is 14. The Bertz CT molecular complexity index is 1890. The van der Waals surface area contributed by atoms with Crippen molar-refractivity contribution in [3.8, 4) is 0 Å². The largest absolute Gasteiger partial charge is 0.340 e. The Hall–Kier alpha value is 2.10. The minimum absolute atomic E-state index is 0.242. The molecule has 0 aliphatic heterocycles. The third-order valence-electron chi connectivity index (χ3n) is 7.85. The van der Waals surface area contributed by atoms with Gasteiger partial charge in [0.15, 0.2) is 37.8 Å². The maximum Gasteiger partial charge on any atom is 0.340 e. The molecule has 0 spiro atoms. The molecule has 0 bridgehead atoms. The van der Waals surface area contributed by atoms with Gasteiger partial charge in [-0.05, 0) is 44.9 Å². The van der Waals surface area contributed by atoms with Crippen LogP contribution in [0.3, 0.4) is 0 Å². The highest BCUT2D eigenvalue weighted by molar-refractivity contribution is 7.73. The molecule has 28 N–H and O–H groups in total. The molecule has 434 valence electrons. The van der Waals surface area contributed by atoms with Crippen LogP contribution < -0.4 is 0 Å². The van der Waals surface area contributed by atoms with Crippen molar-refractivity contribution in [1.82, 2.24) is 0 Å². The topological polar surface area (TPSA) is 805 Å². The second-order valence-electron chi connectivity index (χ2n) is 13.8. The first kappa shape index (κ1) is 79.6. The van der Waals surface area contributed by atoms with E-state index in [-0.39, 0.29) is 6.42 Å². The first-order chi connectivity index (χ1) is 30.1. The number of hydrogen-bond donors (Lipinski definition) is 28. The fraction of sp³-hybridized carbons (Fsp3) is 1.00. The molecule has 0 radical (unpaired) electrons. The van der Waals surface area contributed by atoms with Gasteiger partial charge in [0.05, 0.1) is 0 Å². The van der Waals surface area contributed by atoms with Crippen LogP contribution in [0, 0.1) is 0 Å². The van der Waals surface area contributed by atoms with E-state index in [1.54, 1.807) is 0 Å². The normalized spacial score (nSPS) is 14.9. The van der Waals surface area contributed by atoms with Gasteiger partial charge in [-0.3, -0.25) is 63.9 Å². The summed E-state index contributed by atoms with van der Waals surface area (Å²) in [5.74, 6) is 0. The molecule has 0 heterocycles. The summed E-state index contributed by atoms with van der Waals surface area (Å²) in [6, 6.07) is 0. The molecule has 0 amide bonds. The van der Waals surface area contributed by atoms with E-state index in [9.17, 15) is 63.9 Å². The average molecular weight is 1340 g/mol. The van der Waals surface area contributed by atoms with Gasteiger partial charge >= 0.3 is 106 Å². The Morgan fingerprint density at radius 1 is 0.183 bits per heavy atom. The molecule has 71 heavy (non-hydrogen) atoms. The van der Waals surface area contributed by atoms with Crippen LogP contribution >= 0.6 is 106 Å². The van der Waals surface area contributed by atoms with Crippen LogP contribution in [0.4, 0.5) is 0 Å². The van der Waals surface area contributed by atoms with Gasteiger partial charge in [0.2, 0.25) is 0 Å². The van der Waals surface area contributed by atoms with E-state index >= 15 is 0 Å². The molecular formula is C15H52O42P14. The lowest BCUT2D eigenvalue weighted by Gasteiger charge is -2.23. The molecule has 0 rings (SSSR count). The van der Waals surface area contributed by atoms with Gasteiger partial charge in [-0.15, -0.1) is 0 Å². The van der Waals surface area contributed by atoms with Crippen LogP contribution in [0.15, 0.2) is 0 Å². The van der Waals surface area contributed by atoms with Gasteiger partial charge in [-0.1, -0.05) is 6.92 Å². The summed E-state index contributed by atoms with van der Waals surface area (Å²) in [5, 5.41) is -17.4. The fourth-order valence-corrected chi connectivity index (χ4v) is 22.5. The van der Waals surface area contributed by atoms with Crippen molar-refractivity contribution in [3.05, 3.63) is 0 Å². The lowest BCUT2D eigenvalue weighted by atomic mass is 10.4. The van der Waals surface area contributed by atoms with Gasteiger partial charge in [0.25, 0.3) is 0 Å². The minimum Gasteiger partial charge on any atom is -0.324 e. The summed E-state index contributed by atoms with van der Waals surface area (Å²) < 4.78 is 152. The van der Waals surface area contributed by atoms with Crippen molar-refractivity contribution in [2.45, 2.75) is 89.7 Å². The Morgan fingerprint density at radius 3 is 0.282 bits per heavy atom. The summed E-state index contributed by atoms with van der Waals surface area (Å²) in [5.41, 5.74) is 0. The average Bonchev–Trinajstić information content (AvgIpc) is 2.95. The van der Waals surface area contributed by atoms with Crippen molar-refractivity contribution >= 4 is 106 Å². The van der Waals surface area contributed by atoms with Crippen LogP contribution in [0.1, 0.15) is 51.9 Å². The third kappa shape index (κ3) is 33.3. The summed E-state index contributed by atoms with van der Waals surface area (Å²) in [6.07, 6.45) is -7.27. The van der Waals surface area contributed by atoms with Crippen molar-refractivity contribution in [1.29, 1.82) is 0 Å². The smallest absolute Gasteiger partial charge is 0.324 e. The van der Waals surface area contributed by atoms with Crippen LogP contribution in [-0.4, -0.2) is 175 Å². The Kier molecular flexibility index (Phi) is 31.4. The molecule has 0 aliphatic carbocycles. The second-order valence-corrected chi connectivity index (χ2v) is 41.8. The monoisotopic (exact) mass is 1340 g/mol. The van der Waals surface area contributed by atoms with E-state index in [4.69, 9.17) is 137 Å². The van der Waals surface area contributed by atoms with E-state index in [2.05, 4.69) is 0 Å². The van der Waals surface area contributed by atoms with Gasteiger partial charge < -0.3 is 137 Å². The van der Waals surface area contributed by atoms with Crippen molar-refractivity contribution < 1.29 is 201 Å². The third-order valence-corrected chi connectivity index (χ3v) is 35.2. The zero-order valence-corrected chi connectivity index (χ0v) is 47.0. The van der Waals surface area contributed by atoms with E-state index < -0.39 is 183 Å². The van der Waals surface area contributed by atoms with E-state index in [0.29, 0.717) is 0 Å². The number of rotatable bonds is 24. The summed E-state index contributed by atoms with van der Waals surface area (Å²) in [6.45, 7) is 1.31. The molecular weight excluding hydrogens is 1290 g/mol. The van der Waals surface area contributed by atoms with Gasteiger partial charge in [-0.25, -0.2) is 0 Å². The summed E-state index contributed by atoms with van der Waals surface area (Å²) in [7, 11) is -73.2. The van der Waals surface area contributed by atoms with Gasteiger partial charge in [0.1, 0.15) is 0 Å². The standard InChI is InChI=1S/3C4H14O12P4.C3H10O6P2/c3*5-17(6,7)3(18(8,9)10)1-2-4(19(11,12)13)20(14,15)16;1-2-3(10(4,5)6)11(7,8)9/h3*3-4H,1-2H2,(H2,5,6,7)(H2,8,9,10)(H2,11,12,13)(H2,14,15,16);3H,2H2,1H3,(H2,4,5,6)(H2,7,8,9). The van der Waals surface area contributed by atoms with Crippen LogP contribution in [-0.2, 0) is 63.9 Å². The highest BCUT2D eigenvalue weighted by Crippen LogP contribution is 2.69. The highest BCUT2D eigenvalue weighted by atomic mass is 31.3. The van der Waals surface area contributed by atoms with E-state index in [1.165, 1.54) is 6.92 Å². The zero-order chi connectivity index (χ0) is 59.0. The predicted molar refractivity (Wildman–Crippen MR) is 233 cm³/mol. The predicted octanol–water partition coefficient (Wildman–Crippen LogP) is -2.53. The van der Waals surface area contributed by atoms with Crippen LogP contribution in [0.2, 0.25) is 0 Å². The molecule has 0 saturated heterocycles. The van der Waals surface area contributed by atoms with Gasteiger partial charge in [-0.2, -0.15) is 0 Å². The lowest BCUT2D eigenvalue weighted by Crippen LogP contribution is -2.15. The van der Waals surface area contributed by atoms with Crippen molar-refractivity contribution in [2.24, 2.45) is 0 Å². The summed E-state index contributed by atoms with van der Waals surface area (Å²) >= 11 is 0. The first-order valence-corrected chi connectivity index (χ1v) is 40.4. The quantitative estimate of drug-likeness (QED) is 0.0443. The molecule has 56 heteroatoms. The molecule has 0 aliphatic rings.